The maximum atomic E-state index is 12.5. The molecule has 6 nitrogen and oxygen atoms in total. The Balaban J connectivity index is 2.92. The third-order valence-electron chi connectivity index (χ3n) is 3.04. The van der Waals surface area contributed by atoms with Gasteiger partial charge in [0.25, 0.3) is 5.56 Å². The van der Waals surface area contributed by atoms with Gasteiger partial charge >= 0.3 is 5.69 Å². The Morgan fingerprint density at radius 3 is 2.40 bits per heavy atom. The van der Waals surface area contributed by atoms with Crippen molar-refractivity contribution in [3.63, 3.8) is 0 Å². The highest BCUT2D eigenvalue weighted by molar-refractivity contribution is 5.71. The normalized spacial score (nSPS) is 10.6. The number of aromatic nitrogens is 4. The highest BCUT2D eigenvalue weighted by atomic mass is 16.2. The van der Waals surface area contributed by atoms with Crippen molar-refractivity contribution >= 4 is 11.2 Å². The topological polar surface area (TPSA) is 61.8 Å². The summed E-state index contributed by atoms with van der Waals surface area (Å²) < 4.78 is 4.32. The molecule has 0 aromatic carbocycles. The maximum absolute atomic E-state index is 12.5. The van der Waals surface area contributed by atoms with Gasteiger partial charge in [-0.3, -0.25) is 18.5 Å². The van der Waals surface area contributed by atoms with Gasteiger partial charge in [-0.1, -0.05) is 19.8 Å². The standard InChI is InChI=1S/C14H18N4O2/c1-4-7-16-10-15-12-11(16)13(19)18(9-6-3)14(20)17(12)8-5-2/h10H,5-6,8-9H2,1-3H3. The zero-order chi connectivity index (χ0) is 14.7. The molecule has 6 heteroatoms. The summed E-state index contributed by atoms with van der Waals surface area (Å²) in [5.41, 5.74) is 0.179. The molecule has 0 radical (unpaired) electrons. The van der Waals surface area contributed by atoms with Gasteiger partial charge in [0.2, 0.25) is 0 Å². The van der Waals surface area contributed by atoms with Crippen molar-refractivity contribution in [2.24, 2.45) is 0 Å². The Morgan fingerprint density at radius 1 is 1.15 bits per heavy atom. The highest BCUT2D eigenvalue weighted by Crippen LogP contribution is 2.06. The van der Waals surface area contributed by atoms with E-state index in [0.29, 0.717) is 24.3 Å². The predicted octanol–water partition coefficient (Wildman–Crippen LogP) is 1.01. The Morgan fingerprint density at radius 2 is 1.80 bits per heavy atom. The fourth-order valence-corrected chi connectivity index (χ4v) is 2.24. The van der Waals surface area contributed by atoms with E-state index in [-0.39, 0.29) is 11.2 Å². The molecule has 0 aliphatic carbocycles. The Bertz CT molecular complexity index is 799. The molecule has 2 aromatic heterocycles. The summed E-state index contributed by atoms with van der Waals surface area (Å²) in [5, 5.41) is 0. The van der Waals surface area contributed by atoms with Crippen LogP contribution >= 0.6 is 0 Å². The second-order valence-electron chi connectivity index (χ2n) is 4.54. The lowest BCUT2D eigenvalue weighted by molar-refractivity contribution is 0.555. The molecule has 0 bridgehead atoms. The van der Waals surface area contributed by atoms with Crippen molar-refractivity contribution in [1.82, 2.24) is 18.7 Å². The molecule has 0 amide bonds. The average Bonchev–Trinajstić information content (AvgIpc) is 2.84. The maximum Gasteiger partial charge on any atom is 0.332 e. The van der Waals surface area contributed by atoms with E-state index in [2.05, 4.69) is 16.9 Å². The van der Waals surface area contributed by atoms with E-state index < -0.39 is 0 Å². The summed E-state index contributed by atoms with van der Waals surface area (Å²) in [6.45, 7) is 6.55. The molecule has 0 saturated heterocycles. The van der Waals surface area contributed by atoms with Gasteiger partial charge in [0, 0.05) is 19.1 Å². The van der Waals surface area contributed by atoms with E-state index in [1.807, 2.05) is 13.8 Å². The number of rotatable bonds is 4. The molecule has 2 heterocycles. The fourth-order valence-electron chi connectivity index (χ4n) is 2.24. The minimum atomic E-state index is -0.320. The zero-order valence-electron chi connectivity index (χ0n) is 12.0. The first kappa shape index (κ1) is 14.1. The number of hydrogen-bond donors (Lipinski definition) is 0. The molecule has 0 spiro atoms. The van der Waals surface area contributed by atoms with E-state index in [9.17, 15) is 9.59 Å². The van der Waals surface area contributed by atoms with Gasteiger partial charge in [-0.2, -0.15) is 0 Å². The van der Waals surface area contributed by atoms with Crippen LogP contribution in [0.2, 0.25) is 0 Å². The first-order chi connectivity index (χ1) is 9.65. The SMILES string of the molecule is CC#Cn1cnc2c1c(=O)n(CCC)c(=O)n2CCC. The summed E-state index contributed by atoms with van der Waals surface area (Å²) >= 11 is 0. The first-order valence-electron chi connectivity index (χ1n) is 6.79. The molecule has 0 N–H and O–H groups in total. The fraction of sp³-hybridized carbons (Fsp3) is 0.500. The van der Waals surface area contributed by atoms with Crippen molar-refractivity contribution in [3.8, 4) is 12.0 Å². The summed E-state index contributed by atoms with van der Waals surface area (Å²) in [6.07, 6.45) is 3.01. The minimum absolute atomic E-state index is 0.291. The molecule has 0 aliphatic rings. The quantitative estimate of drug-likeness (QED) is 0.782. The van der Waals surface area contributed by atoms with Gasteiger partial charge in [-0.05, 0) is 19.8 Å². The summed E-state index contributed by atoms with van der Waals surface area (Å²) in [5.74, 6) is 2.74. The van der Waals surface area contributed by atoms with Gasteiger partial charge in [0.1, 0.15) is 6.33 Å². The van der Waals surface area contributed by atoms with Crippen molar-refractivity contribution < 1.29 is 0 Å². The predicted molar refractivity (Wildman–Crippen MR) is 77.7 cm³/mol. The van der Waals surface area contributed by atoms with Crippen LogP contribution in [0.5, 0.6) is 0 Å². The van der Waals surface area contributed by atoms with Crippen molar-refractivity contribution in [1.29, 1.82) is 0 Å². The van der Waals surface area contributed by atoms with Gasteiger partial charge in [0.05, 0.1) is 0 Å². The van der Waals surface area contributed by atoms with Crippen LogP contribution in [0.1, 0.15) is 33.6 Å². The van der Waals surface area contributed by atoms with E-state index in [4.69, 9.17) is 0 Å². The van der Waals surface area contributed by atoms with Crippen LogP contribution < -0.4 is 11.2 Å². The number of nitrogens with zero attached hydrogens (tertiary/aromatic N) is 4. The van der Waals surface area contributed by atoms with Crippen LogP contribution in [0.4, 0.5) is 0 Å². The van der Waals surface area contributed by atoms with Gasteiger partial charge in [-0.15, -0.1) is 0 Å². The summed E-state index contributed by atoms with van der Waals surface area (Å²) in [4.78, 5) is 29.1. The van der Waals surface area contributed by atoms with Crippen LogP contribution in [0.25, 0.3) is 11.2 Å². The lowest BCUT2D eigenvalue weighted by atomic mass is 10.4. The Labute approximate surface area is 116 Å². The third kappa shape index (κ3) is 2.16. The van der Waals surface area contributed by atoms with Crippen molar-refractivity contribution in [2.75, 3.05) is 0 Å². The molecule has 0 fully saturated rings. The molecule has 106 valence electrons. The molecule has 0 aliphatic heterocycles. The van der Waals surface area contributed by atoms with Crippen molar-refractivity contribution in [3.05, 3.63) is 27.2 Å². The van der Waals surface area contributed by atoms with E-state index in [0.717, 1.165) is 12.8 Å². The second kappa shape index (κ2) is 5.78. The van der Waals surface area contributed by atoms with Crippen LogP contribution in [-0.2, 0) is 13.1 Å². The average molecular weight is 274 g/mol. The molecular weight excluding hydrogens is 256 g/mol. The molecule has 0 atom stereocenters. The number of hydrogen-bond acceptors (Lipinski definition) is 3. The molecular formula is C14H18N4O2. The summed E-state index contributed by atoms with van der Waals surface area (Å²) in [6, 6.07) is 2.80. The monoisotopic (exact) mass is 274 g/mol. The number of fused-ring (bicyclic) bond motifs is 1. The lowest BCUT2D eigenvalue weighted by Crippen LogP contribution is -2.40. The Kier molecular flexibility index (Phi) is 4.08. The first-order valence-corrected chi connectivity index (χ1v) is 6.79. The van der Waals surface area contributed by atoms with Crippen LogP contribution in [0.3, 0.4) is 0 Å². The number of imidazole rings is 1. The molecule has 0 saturated carbocycles. The lowest BCUT2D eigenvalue weighted by Gasteiger charge is -2.09. The zero-order valence-corrected chi connectivity index (χ0v) is 12.0. The van der Waals surface area contributed by atoms with Gasteiger partial charge < -0.3 is 0 Å². The molecule has 0 unspecified atom stereocenters. The van der Waals surface area contributed by atoms with E-state index in [1.54, 1.807) is 11.5 Å². The molecule has 2 rings (SSSR count). The van der Waals surface area contributed by atoms with E-state index >= 15 is 0 Å². The van der Waals surface area contributed by atoms with Crippen LogP contribution in [0, 0.1) is 12.0 Å². The smallest absolute Gasteiger partial charge is 0.276 e. The Hall–Kier alpha value is -2.29. The van der Waals surface area contributed by atoms with Crippen LogP contribution in [-0.4, -0.2) is 18.7 Å². The molecule has 20 heavy (non-hydrogen) atoms. The second-order valence-corrected chi connectivity index (χ2v) is 4.54. The third-order valence-corrected chi connectivity index (χ3v) is 3.04. The van der Waals surface area contributed by atoms with Gasteiger partial charge in [-0.25, -0.2) is 9.78 Å². The molecule has 2 aromatic rings. The number of aryl methyl sites for hydroxylation is 1. The van der Waals surface area contributed by atoms with Crippen molar-refractivity contribution in [2.45, 2.75) is 46.7 Å². The van der Waals surface area contributed by atoms with Gasteiger partial charge in [0.15, 0.2) is 11.2 Å². The highest BCUT2D eigenvalue weighted by Gasteiger charge is 2.16. The largest absolute Gasteiger partial charge is 0.332 e. The van der Waals surface area contributed by atoms with Crippen LogP contribution in [0.15, 0.2) is 15.9 Å². The summed E-state index contributed by atoms with van der Waals surface area (Å²) in [7, 11) is 0. The minimum Gasteiger partial charge on any atom is -0.276 e. The van der Waals surface area contributed by atoms with E-state index in [1.165, 1.54) is 15.5 Å².